The minimum Gasteiger partial charge on any atom is -0.379 e. The van der Waals surface area contributed by atoms with Gasteiger partial charge in [0.1, 0.15) is 6.07 Å². The van der Waals surface area contributed by atoms with Crippen molar-refractivity contribution < 1.29 is 0 Å². The Labute approximate surface area is 97.9 Å². The van der Waals surface area contributed by atoms with Crippen LogP contribution < -0.4 is 5.32 Å². The second-order valence-corrected chi connectivity index (χ2v) is 3.64. The lowest BCUT2D eigenvalue weighted by Gasteiger charge is -2.05. The average Bonchev–Trinajstić information content (AvgIpc) is 2.79. The third kappa shape index (κ3) is 2.33. The highest BCUT2D eigenvalue weighted by molar-refractivity contribution is 6.32. The minimum absolute atomic E-state index is 0.456. The van der Waals surface area contributed by atoms with Crippen LogP contribution in [0, 0.1) is 11.3 Å². The third-order valence-electron chi connectivity index (χ3n) is 2.13. The monoisotopic (exact) mass is 232 g/mol. The molecular weight excluding hydrogens is 224 g/mol. The second kappa shape index (κ2) is 4.69. The van der Waals surface area contributed by atoms with Crippen LogP contribution >= 0.6 is 11.6 Å². The van der Waals surface area contributed by atoms with Crippen molar-refractivity contribution in [1.82, 2.24) is 9.97 Å². The molecule has 0 aliphatic carbocycles. The van der Waals surface area contributed by atoms with Crippen molar-refractivity contribution in [2.75, 3.05) is 5.32 Å². The summed E-state index contributed by atoms with van der Waals surface area (Å²) in [5.41, 5.74) is 2.34. The van der Waals surface area contributed by atoms with Gasteiger partial charge in [-0.05, 0) is 18.2 Å². The van der Waals surface area contributed by atoms with Gasteiger partial charge in [0, 0.05) is 11.9 Å². The van der Waals surface area contributed by atoms with E-state index in [1.807, 2.05) is 12.1 Å². The van der Waals surface area contributed by atoms with Crippen molar-refractivity contribution in [1.29, 1.82) is 5.26 Å². The fraction of sp³-hybridized carbons (Fsp3) is 0.0909. The zero-order chi connectivity index (χ0) is 11.4. The SMILES string of the molecule is N#Cc1ccc(NCc2cnc[nH]2)cc1Cl. The number of hydrogen-bond donors (Lipinski definition) is 2. The molecule has 0 aliphatic heterocycles. The maximum atomic E-state index is 8.72. The Bertz CT molecular complexity index is 513. The van der Waals surface area contributed by atoms with Gasteiger partial charge in [-0.1, -0.05) is 11.6 Å². The first-order chi connectivity index (χ1) is 7.79. The molecule has 0 atom stereocenters. The van der Waals surface area contributed by atoms with E-state index in [2.05, 4.69) is 15.3 Å². The van der Waals surface area contributed by atoms with Crippen LogP contribution in [0.5, 0.6) is 0 Å². The first-order valence-electron chi connectivity index (χ1n) is 4.70. The number of benzene rings is 1. The number of H-pyrrole nitrogens is 1. The molecule has 0 saturated carbocycles. The molecule has 4 nitrogen and oxygen atoms in total. The lowest BCUT2D eigenvalue weighted by Crippen LogP contribution is -1.99. The van der Waals surface area contributed by atoms with Gasteiger partial charge in [-0.15, -0.1) is 0 Å². The summed E-state index contributed by atoms with van der Waals surface area (Å²) in [6.45, 7) is 0.641. The topological polar surface area (TPSA) is 64.5 Å². The van der Waals surface area contributed by atoms with Crippen molar-refractivity contribution in [3.63, 3.8) is 0 Å². The van der Waals surface area contributed by atoms with Gasteiger partial charge < -0.3 is 10.3 Å². The predicted octanol–water partition coefficient (Wildman–Crippen LogP) is 2.55. The van der Waals surface area contributed by atoms with Crippen LogP contribution in [-0.4, -0.2) is 9.97 Å². The number of nitriles is 1. The summed E-state index contributed by atoms with van der Waals surface area (Å²) in [6.07, 6.45) is 3.38. The number of aromatic amines is 1. The molecule has 16 heavy (non-hydrogen) atoms. The second-order valence-electron chi connectivity index (χ2n) is 3.24. The summed E-state index contributed by atoms with van der Waals surface area (Å²) in [7, 11) is 0. The summed E-state index contributed by atoms with van der Waals surface area (Å²) < 4.78 is 0. The van der Waals surface area contributed by atoms with Crippen molar-refractivity contribution in [3.05, 3.63) is 47.0 Å². The molecule has 0 spiro atoms. The quantitative estimate of drug-likeness (QED) is 0.855. The maximum Gasteiger partial charge on any atom is 0.101 e. The Kier molecular flexibility index (Phi) is 3.08. The van der Waals surface area contributed by atoms with E-state index in [0.29, 0.717) is 17.1 Å². The van der Waals surface area contributed by atoms with Crippen LogP contribution in [-0.2, 0) is 6.54 Å². The van der Waals surface area contributed by atoms with Gasteiger partial charge >= 0.3 is 0 Å². The first-order valence-corrected chi connectivity index (χ1v) is 5.08. The van der Waals surface area contributed by atoms with E-state index in [4.69, 9.17) is 16.9 Å². The molecule has 2 N–H and O–H groups in total. The molecule has 5 heteroatoms. The van der Waals surface area contributed by atoms with Crippen LogP contribution in [0.25, 0.3) is 0 Å². The molecular formula is C11H9ClN4. The molecule has 1 heterocycles. The highest BCUT2D eigenvalue weighted by Gasteiger charge is 2.01. The Morgan fingerprint density at radius 1 is 1.50 bits per heavy atom. The molecule has 1 aromatic heterocycles. The standard InChI is InChI=1S/C11H9ClN4/c12-11-3-9(2-1-8(11)4-13)15-6-10-5-14-7-16-10/h1-3,5,7,15H,6H2,(H,14,16). The van der Waals surface area contributed by atoms with Crippen LogP contribution in [0.1, 0.15) is 11.3 Å². The number of halogens is 1. The van der Waals surface area contributed by atoms with Gasteiger partial charge in [0.15, 0.2) is 0 Å². The fourth-order valence-corrected chi connectivity index (χ4v) is 1.52. The van der Waals surface area contributed by atoms with Crippen molar-refractivity contribution in [2.24, 2.45) is 0 Å². The van der Waals surface area contributed by atoms with Crippen molar-refractivity contribution >= 4 is 17.3 Å². The summed E-state index contributed by atoms with van der Waals surface area (Å²) in [5.74, 6) is 0. The summed E-state index contributed by atoms with van der Waals surface area (Å²) >= 11 is 5.91. The highest BCUT2D eigenvalue weighted by atomic mass is 35.5. The van der Waals surface area contributed by atoms with Crippen molar-refractivity contribution in [3.8, 4) is 6.07 Å². The number of aromatic nitrogens is 2. The molecule has 1 aromatic carbocycles. The third-order valence-corrected chi connectivity index (χ3v) is 2.44. The van der Waals surface area contributed by atoms with Gasteiger partial charge in [0.2, 0.25) is 0 Å². The molecule has 0 unspecified atom stereocenters. The molecule has 80 valence electrons. The van der Waals surface area contributed by atoms with E-state index in [-0.39, 0.29) is 0 Å². The Hall–Kier alpha value is -1.99. The lowest BCUT2D eigenvalue weighted by molar-refractivity contribution is 1.07. The summed E-state index contributed by atoms with van der Waals surface area (Å²) in [5, 5.41) is 12.4. The van der Waals surface area contributed by atoms with E-state index < -0.39 is 0 Å². The van der Waals surface area contributed by atoms with E-state index in [1.54, 1.807) is 24.7 Å². The molecule has 0 aliphatic rings. The molecule has 0 amide bonds. The molecule has 0 radical (unpaired) electrons. The van der Waals surface area contributed by atoms with Crippen LogP contribution in [0.3, 0.4) is 0 Å². The fourth-order valence-electron chi connectivity index (χ4n) is 1.29. The summed E-state index contributed by atoms with van der Waals surface area (Å²) in [6, 6.07) is 7.26. The van der Waals surface area contributed by atoms with Gasteiger partial charge in [-0.3, -0.25) is 0 Å². The predicted molar refractivity (Wildman–Crippen MR) is 62.1 cm³/mol. The first kappa shape index (κ1) is 10.5. The van der Waals surface area contributed by atoms with E-state index in [1.165, 1.54) is 0 Å². The van der Waals surface area contributed by atoms with Gasteiger partial charge in [-0.25, -0.2) is 4.98 Å². The molecule has 2 aromatic rings. The molecule has 0 fully saturated rings. The summed E-state index contributed by atoms with van der Waals surface area (Å²) in [4.78, 5) is 6.90. The Morgan fingerprint density at radius 3 is 3.00 bits per heavy atom. The van der Waals surface area contributed by atoms with Crippen LogP contribution in [0.2, 0.25) is 5.02 Å². The Morgan fingerprint density at radius 2 is 2.38 bits per heavy atom. The normalized spacial score (nSPS) is 9.75. The van der Waals surface area contributed by atoms with Crippen LogP contribution in [0.15, 0.2) is 30.7 Å². The largest absolute Gasteiger partial charge is 0.379 e. The van der Waals surface area contributed by atoms with Crippen molar-refractivity contribution in [2.45, 2.75) is 6.54 Å². The van der Waals surface area contributed by atoms with Gasteiger partial charge in [-0.2, -0.15) is 5.26 Å². The molecule has 2 rings (SSSR count). The Balaban J connectivity index is 2.06. The number of nitrogens with one attached hydrogen (secondary N) is 2. The highest BCUT2D eigenvalue weighted by Crippen LogP contribution is 2.20. The minimum atomic E-state index is 0.456. The molecule has 0 saturated heterocycles. The number of nitrogens with zero attached hydrogens (tertiary/aromatic N) is 2. The number of rotatable bonds is 3. The van der Waals surface area contributed by atoms with Gasteiger partial charge in [0.25, 0.3) is 0 Å². The van der Waals surface area contributed by atoms with E-state index in [0.717, 1.165) is 11.4 Å². The van der Waals surface area contributed by atoms with E-state index >= 15 is 0 Å². The van der Waals surface area contributed by atoms with Gasteiger partial charge in [0.05, 0.1) is 29.2 Å². The van der Waals surface area contributed by atoms with Crippen LogP contribution in [0.4, 0.5) is 5.69 Å². The number of hydrogen-bond acceptors (Lipinski definition) is 3. The molecule has 0 bridgehead atoms. The maximum absolute atomic E-state index is 8.72. The average molecular weight is 233 g/mol. The smallest absolute Gasteiger partial charge is 0.101 e. The zero-order valence-electron chi connectivity index (χ0n) is 8.37. The lowest BCUT2D eigenvalue weighted by atomic mass is 10.2. The zero-order valence-corrected chi connectivity index (χ0v) is 9.12. The number of anilines is 1. The number of imidazole rings is 1. The van der Waals surface area contributed by atoms with E-state index in [9.17, 15) is 0 Å².